The molecule has 1 saturated carbocycles. The van der Waals surface area contributed by atoms with Gasteiger partial charge in [0.15, 0.2) is 5.76 Å². The molecular weight excluding hydrogens is 268 g/mol. The fraction of sp³-hybridized carbons (Fsp3) is 0.533. The highest BCUT2D eigenvalue weighted by atomic mass is 16.5. The number of anilines is 1. The lowest BCUT2D eigenvalue weighted by Gasteiger charge is -2.14. The van der Waals surface area contributed by atoms with Crippen LogP contribution in [0, 0.1) is 6.92 Å². The second-order valence-electron chi connectivity index (χ2n) is 5.60. The summed E-state index contributed by atoms with van der Waals surface area (Å²) in [5.74, 6) is 1.89. The third-order valence-corrected chi connectivity index (χ3v) is 3.47. The SMILES string of the molecule is COC[C@@H](C)Nc1ncc(-c2cc(C)no2)c(C2CC2)n1. The lowest BCUT2D eigenvalue weighted by molar-refractivity contribution is 0.190. The molecule has 1 fully saturated rings. The van der Waals surface area contributed by atoms with E-state index in [4.69, 9.17) is 9.26 Å². The van der Waals surface area contributed by atoms with E-state index in [0.29, 0.717) is 18.5 Å². The maximum absolute atomic E-state index is 5.36. The van der Waals surface area contributed by atoms with Gasteiger partial charge < -0.3 is 14.6 Å². The van der Waals surface area contributed by atoms with Crippen molar-refractivity contribution in [2.75, 3.05) is 19.0 Å². The van der Waals surface area contributed by atoms with E-state index in [1.165, 1.54) is 12.8 Å². The van der Waals surface area contributed by atoms with Crippen LogP contribution in [0.15, 0.2) is 16.8 Å². The molecule has 0 amide bonds. The van der Waals surface area contributed by atoms with E-state index < -0.39 is 0 Å². The Morgan fingerprint density at radius 3 is 2.90 bits per heavy atom. The van der Waals surface area contributed by atoms with Gasteiger partial charge in [-0.05, 0) is 26.7 Å². The lowest BCUT2D eigenvalue weighted by atomic mass is 10.1. The number of ether oxygens (including phenoxy) is 1. The highest BCUT2D eigenvalue weighted by Gasteiger charge is 2.30. The minimum atomic E-state index is 0.167. The van der Waals surface area contributed by atoms with Gasteiger partial charge in [0.1, 0.15) is 0 Å². The average Bonchev–Trinajstić information content (AvgIpc) is 3.21. The van der Waals surface area contributed by atoms with Crippen molar-refractivity contribution in [3.8, 4) is 11.3 Å². The van der Waals surface area contributed by atoms with Crippen LogP contribution in [0.3, 0.4) is 0 Å². The van der Waals surface area contributed by atoms with E-state index in [1.54, 1.807) is 7.11 Å². The predicted octanol–water partition coefficient (Wildman–Crippen LogP) is 2.76. The van der Waals surface area contributed by atoms with E-state index in [0.717, 1.165) is 22.7 Å². The topological polar surface area (TPSA) is 73.1 Å². The molecule has 6 nitrogen and oxygen atoms in total. The third-order valence-electron chi connectivity index (χ3n) is 3.47. The molecule has 0 bridgehead atoms. The third kappa shape index (κ3) is 3.21. The molecule has 21 heavy (non-hydrogen) atoms. The number of aryl methyl sites for hydroxylation is 1. The van der Waals surface area contributed by atoms with E-state index in [-0.39, 0.29) is 6.04 Å². The van der Waals surface area contributed by atoms with Gasteiger partial charge in [0.2, 0.25) is 5.95 Å². The standard InChI is InChI=1S/C15H20N4O2/c1-9-6-13(21-19-9)12-7-16-15(17-10(2)8-20-3)18-14(12)11-4-5-11/h6-7,10-11H,4-5,8H2,1-3H3,(H,16,17,18)/t10-/m1/s1. The van der Waals surface area contributed by atoms with E-state index >= 15 is 0 Å². The Hall–Kier alpha value is -1.95. The minimum Gasteiger partial charge on any atom is -0.383 e. The second kappa shape index (κ2) is 5.81. The molecule has 1 atom stereocenters. The summed E-state index contributed by atoms with van der Waals surface area (Å²) < 4.78 is 10.5. The van der Waals surface area contributed by atoms with E-state index in [1.807, 2.05) is 26.1 Å². The summed E-state index contributed by atoms with van der Waals surface area (Å²) in [6.45, 7) is 4.57. The number of nitrogens with one attached hydrogen (secondary N) is 1. The largest absolute Gasteiger partial charge is 0.383 e. The molecule has 0 radical (unpaired) electrons. The lowest BCUT2D eigenvalue weighted by Crippen LogP contribution is -2.22. The van der Waals surface area contributed by atoms with Gasteiger partial charge in [-0.1, -0.05) is 5.16 Å². The minimum absolute atomic E-state index is 0.167. The highest BCUT2D eigenvalue weighted by Crippen LogP contribution is 2.43. The van der Waals surface area contributed by atoms with Crippen LogP contribution in [0.4, 0.5) is 5.95 Å². The van der Waals surface area contributed by atoms with Crippen LogP contribution < -0.4 is 5.32 Å². The van der Waals surface area contributed by atoms with Gasteiger partial charge in [-0.2, -0.15) is 0 Å². The van der Waals surface area contributed by atoms with E-state index in [9.17, 15) is 0 Å². The summed E-state index contributed by atoms with van der Waals surface area (Å²) in [5, 5.41) is 7.20. The number of hydrogen-bond donors (Lipinski definition) is 1. The zero-order valence-corrected chi connectivity index (χ0v) is 12.6. The molecule has 1 N–H and O–H groups in total. The van der Waals surface area contributed by atoms with E-state index in [2.05, 4.69) is 20.4 Å². The molecule has 0 unspecified atom stereocenters. The molecule has 0 saturated heterocycles. The predicted molar refractivity (Wildman–Crippen MR) is 79.2 cm³/mol. The first-order valence-electron chi connectivity index (χ1n) is 7.23. The Labute approximate surface area is 123 Å². The van der Waals surface area contributed by atoms with Crippen LogP contribution in [0.5, 0.6) is 0 Å². The monoisotopic (exact) mass is 288 g/mol. The maximum Gasteiger partial charge on any atom is 0.223 e. The van der Waals surface area contributed by atoms with Crippen LogP contribution in [-0.4, -0.2) is 34.9 Å². The van der Waals surface area contributed by atoms with Crippen molar-refractivity contribution in [3.05, 3.63) is 23.7 Å². The molecule has 0 aromatic carbocycles. The summed E-state index contributed by atoms with van der Waals surface area (Å²) >= 11 is 0. The Morgan fingerprint density at radius 1 is 1.48 bits per heavy atom. The summed E-state index contributed by atoms with van der Waals surface area (Å²) in [4.78, 5) is 9.07. The van der Waals surface area contributed by atoms with Crippen LogP contribution in [0.2, 0.25) is 0 Å². The first-order chi connectivity index (χ1) is 10.2. The highest BCUT2D eigenvalue weighted by molar-refractivity contribution is 5.62. The van der Waals surface area contributed by atoms with Gasteiger partial charge in [0.25, 0.3) is 0 Å². The molecule has 1 aliphatic carbocycles. The smallest absolute Gasteiger partial charge is 0.223 e. The summed E-state index contributed by atoms with van der Waals surface area (Å²) in [7, 11) is 1.68. The number of aromatic nitrogens is 3. The molecule has 0 aliphatic heterocycles. The summed E-state index contributed by atoms with van der Waals surface area (Å²) in [6, 6.07) is 2.09. The van der Waals surface area contributed by atoms with Gasteiger partial charge >= 0.3 is 0 Å². The quantitative estimate of drug-likeness (QED) is 0.881. The van der Waals surface area contributed by atoms with Gasteiger partial charge in [0, 0.05) is 31.3 Å². The first kappa shape index (κ1) is 14.0. The molecule has 6 heteroatoms. The van der Waals surface area contributed by atoms with Gasteiger partial charge in [-0.3, -0.25) is 0 Å². The fourth-order valence-electron chi connectivity index (χ4n) is 2.32. The summed E-state index contributed by atoms with van der Waals surface area (Å²) in [6.07, 6.45) is 4.16. The molecule has 2 heterocycles. The normalized spacial score (nSPS) is 16.0. The van der Waals surface area contributed by atoms with Crippen molar-refractivity contribution in [2.24, 2.45) is 0 Å². The van der Waals surface area contributed by atoms with Gasteiger partial charge in [-0.25, -0.2) is 9.97 Å². The van der Waals surface area contributed by atoms with Crippen molar-refractivity contribution in [2.45, 2.75) is 38.6 Å². The summed E-state index contributed by atoms with van der Waals surface area (Å²) in [5.41, 5.74) is 2.86. The Bertz CT molecular complexity index is 622. The number of nitrogens with zero attached hydrogens (tertiary/aromatic N) is 3. The van der Waals surface area contributed by atoms with Crippen molar-refractivity contribution < 1.29 is 9.26 Å². The Morgan fingerprint density at radius 2 is 2.29 bits per heavy atom. The molecule has 112 valence electrons. The van der Waals surface area contributed by atoms with Crippen molar-refractivity contribution in [3.63, 3.8) is 0 Å². The Kier molecular flexibility index (Phi) is 3.88. The number of rotatable bonds is 6. The molecule has 0 spiro atoms. The fourth-order valence-corrected chi connectivity index (χ4v) is 2.32. The van der Waals surface area contributed by atoms with Gasteiger partial charge in [0.05, 0.1) is 23.6 Å². The molecular formula is C15H20N4O2. The van der Waals surface area contributed by atoms with Crippen LogP contribution in [0.25, 0.3) is 11.3 Å². The van der Waals surface area contributed by atoms with Crippen molar-refractivity contribution >= 4 is 5.95 Å². The zero-order valence-electron chi connectivity index (χ0n) is 12.6. The number of methoxy groups -OCH3 is 1. The van der Waals surface area contributed by atoms with Crippen LogP contribution in [-0.2, 0) is 4.74 Å². The second-order valence-corrected chi connectivity index (χ2v) is 5.60. The van der Waals surface area contributed by atoms with Crippen molar-refractivity contribution in [1.29, 1.82) is 0 Å². The zero-order chi connectivity index (χ0) is 14.8. The maximum atomic E-state index is 5.36. The van der Waals surface area contributed by atoms with Crippen molar-refractivity contribution in [1.82, 2.24) is 15.1 Å². The van der Waals surface area contributed by atoms with Crippen LogP contribution in [0.1, 0.15) is 37.1 Å². The molecule has 1 aliphatic rings. The average molecular weight is 288 g/mol. The molecule has 2 aromatic heterocycles. The molecule has 3 rings (SSSR count). The van der Waals surface area contributed by atoms with Gasteiger partial charge in [-0.15, -0.1) is 0 Å². The Balaban J connectivity index is 1.88. The molecule has 2 aromatic rings. The van der Waals surface area contributed by atoms with Crippen LogP contribution >= 0.6 is 0 Å². The first-order valence-corrected chi connectivity index (χ1v) is 7.23. The number of hydrogen-bond acceptors (Lipinski definition) is 6.